The van der Waals surface area contributed by atoms with Crippen LogP contribution in [-0.2, 0) is 0 Å². The summed E-state index contributed by atoms with van der Waals surface area (Å²) in [7, 11) is 0. The van der Waals surface area contributed by atoms with Crippen LogP contribution in [0.3, 0.4) is 0 Å². The summed E-state index contributed by atoms with van der Waals surface area (Å²) in [5.41, 5.74) is 1.29. The number of nitro groups is 1. The average Bonchev–Trinajstić information content (AvgIpc) is 2.95. The normalized spacial score (nSPS) is 10.8. The van der Waals surface area contributed by atoms with Gasteiger partial charge < -0.3 is 14.5 Å². The molecule has 0 aliphatic heterocycles. The number of fused-ring (bicyclic) bond motifs is 1. The van der Waals surface area contributed by atoms with Gasteiger partial charge in [-0.1, -0.05) is 16.8 Å². The van der Waals surface area contributed by atoms with E-state index < -0.39 is 4.92 Å². The topological polar surface area (TPSA) is 87.0 Å². The zero-order valence-corrected chi connectivity index (χ0v) is 8.48. The molecule has 3 aromatic rings. The van der Waals surface area contributed by atoms with Crippen LogP contribution in [0, 0.1) is 10.1 Å². The lowest BCUT2D eigenvalue weighted by atomic mass is 10.3. The zero-order valence-electron chi connectivity index (χ0n) is 8.48. The van der Waals surface area contributed by atoms with E-state index in [0.717, 1.165) is 0 Å². The molecule has 3 rings (SSSR count). The van der Waals surface area contributed by atoms with Crippen LogP contribution >= 0.6 is 0 Å². The van der Waals surface area contributed by atoms with E-state index in [1.54, 1.807) is 12.1 Å². The van der Waals surface area contributed by atoms with Gasteiger partial charge in [-0.2, -0.15) is 4.98 Å². The minimum atomic E-state index is -0.570. The second-order valence-corrected chi connectivity index (χ2v) is 3.34. The number of hydrogen-bond donors (Lipinski definition) is 0. The minimum absolute atomic E-state index is 0.208. The van der Waals surface area contributed by atoms with Crippen LogP contribution in [-0.4, -0.2) is 19.7 Å². The molecular weight excluding hydrogens is 224 g/mol. The number of oxazole rings is 1. The summed E-state index contributed by atoms with van der Waals surface area (Å²) in [4.78, 5) is 14.1. The zero-order chi connectivity index (χ0) is 11.8. The Bertz CT molecular complexity index is 667. The van der Waals surface area contributed by atoms with Crippen LogP contribution in [0.2, 0.25) is 0 Å². The highest BCUT2D eigenvalue weighted by molar-refractivity contribution is 5.73. The first kappa shape index (κ1) is 9.52. The van der Waals surface area contributed by atoms with Crippen molar-refractivity contribution in [3.8, 4) is 6.01 Å². The van der Waals surface area contributed by atoms with E-state index in [1.165, 1.54) is 16.9 Å². The number of benzene rings is 1. The van der Waals surface area contributed by atoms with Crippen molar-refractivity contribution in [1.29, 1.82) is 0 Å². The number of nitrogens with zero attached hydrogens (tertiary/aromatic N) is 4. The molecule has 0 aliphatic rings. The summed E-state index contributed by atoms with van der Waals surface area (Å²) < 4.78 is 6.65. The van der Waals surface area contributed by atoms with Crippen molar-refractivity contribution in [2.45, 2.75) is 0 Å². The highest BCUT2D eigenvalue weighted by Crippen LogP contribution is 2.18. The van der Waals surface area contributed by atoms with E-state index in [9.17, 15) is 10.1 Å². The number of hydrogen-bond acceptors (Lipinski definition) is 5. The molecule has 84 valence electrons. The molecule has 0 aliphatic carbocycles. The molecule has 0 saturated heterocycles. The second-order valence-electron chi connectivity index (χ2n) is 3.34. The fourth-order valence-corrected chi connectivity index (χ4v) is 1.48. The molecule has 1 aromatic carbocycles. The monoisotopic (exact) mass is 230 g/mol. The number of aromatic nitrogens is 3. The van der Waals surface area contributed by atoms with Crippen LogP contribution in [0.15, 0.2) is 40.9 Å². The van der Waals surface area contributed by atoms with Crippen LogP contribution in [0.5, 0.6) is 0 Å². The number of rotatable bonds is 2. The fraction of sp³-hybridized carbons (Fsp3) is 0. The van der Waals surface area contributed by atoms with Crippen molar-refractivity contribution in [3.05, 3.63) is 46.6 Å². The molecule has 7 heteroatoms. The lowest BCUT2D eigenvalue weighted by Crippen LogP contribution is -1.96. The Morgan fingerprint density at radius 1 is 1.29 bits per heavy atom. The molecule has 0 atom stereocenters. The standard InChI is InChI=1S/C10H6N4O3/c15-14(16)9-5-6-13(12-9)10-11-7-3-1-2-4-8(7)17-10/h1-6H. The summed E-state index contributed by atoms with van der Waals surface area (Å²) in [5.74, 6) is -0.243. The average molecular weight is 230 g/mol. The van der Waals surface area contributed by atoms with Gasteiger partial charge in [0.05, 0.1) is 17.4 Å². The molecule has 0 unspecified atom stereocenters. The SMILES string of the molecule is O=[N+]([O-])c1ccn(-c2nc3ccccc3o2)n1. The molecular formula is C10H6N4O3. The van der Waals surface area contributed by atoms with Crippen molar-refractivity contribution < 1.29 is 9.34 Å². The second kappa shape index (κ2) is 3.41. The Kier molecular flexibility index (Phi) is 1.91. The Morgan fingerprint density at radius 2 is 2.12 bits per heavy atom. The highest BCUT2D eigenvalue weighted by Gasteiger charge is 2.16. The maximum absolute atomic E-state index is 10.5. The number of para-hydroxylation sites is 2. The van der Waals surface area contributed by atoms with E-state index >= 15 is 0 Å². The first-order chi connectivity index (χ1) is 8.24. The van der Waals surface area contributed by atoms with Crippen LogP contribution < -0.4 is 0 Å². The molecule has 2 heterocycles. The molecule has 0 N–H and O–H groups in total. The molecule has 0 spiro atoms. The first-order valence-corrected chi connectivity index (χ1v) is 4.80. The molecule has 7 nitrogen and oxygen atoms in total. The molecule has 0 saturated carbocycles. The first-order valence-electron chi connectivity index (χ1n) is 4.80. The third-order valence-corrected chi connectivity index (χ3v) is 2.24. The van der Waals surface area contributed by atoms with Crippen LogP contribution in [0.1, 0.15) is 0 Å². The third kappa shape index (κ3) is 1.53. The van der Waals surface area contributed by atoms with Gasteiger partial charge in [-0.3, -0.25) is 0 Å². The molecule has 17 heavy (non-hydrogen) atoms. The molecule has 0 fully saturated rings. The van der Waals surface area contributed by atoms with Gasteiger partial charge in [-0.15, -0.1) is 0 Å². The van der Waals surface area contributed by atoms with Crippen molar-refractivity contribution >= 4 is 16.9 Å². The fourth-order valence-electron chi connectivity index (χ4n) is 1.48. The Morgan fingerprint density at radius 3 is 2.82 bits per heavy atom. The van der Waals surface area contributed by atoms with E-state index in [1.807, 2.05) is 12.1 Å². The van der Waals surface area contributed by atoms with Gasteiger partial charge >= 0.3 is 11.8 Å². The lowest BCUT2D eigenvalue weighted by molar-refractivity contribution is -0.389. The lowest BCUT2D eigenvalue weighted by Gasteiger charge is -1.85. The Balaban J connectivity index is 2.10. The van der Waals surface area contributed by atoms with Gasteiger partial charge in [0.15, 0.2) is 5.58 Å². The van der Waals surface area contributed by atoms with Crippen molar-refractivity contribution in [2.24, 2.45) is 0 Å². The van der Waals surface area contributed by atoms with Gasteiger partial charge in [-0.05, 0) is 17.1 Å². The van der Waals surface area contributed by atoms with Crippen molar-refractivity contribution in [2.75, 3.05) is 0 Å². The maximum Gasteiger partial charge on any atom is 0.390 e. The predicted octanol–water partition coefficient (Wildman–Crippen LogP) is 1.92. The summed E-state index contributed by atoms with van der Waals surface area (Å²) >= 11 is 0. The van der Waals surface area contributed by atoms with Crippen molar-refractivity contribution in [3.63, 3.8) is 0 Å². The molecule has 0 radical (unpaired) electrons. The quantitative estimate of drug-likeness (QED) is 0.495. The van der Waals surface area contributed by atoms with E-state index in [2.05, 4.69) is 10.1 Å². The summed E-state index contributed by atoms with van der Waals surface area (Å²) in [5, 5.41) is 14.2. The van der Waals surface area contributed by atoms with Gasteiger partial charge in [0.1, 0.15) is 5.52 Å². The highest BCUT2D eigenvalue weighted by atomic mass is 16.6. The maximum atomic E-state index is 10.5. The van der Waals surface area contributed by atoms with Gasteiger partial charge in [-0.25, -0.2) is 0 Å². The van der Waals surface area contributed by atoms with Gasteiger partial charge in [0.25, 0.3) is 0 Å². The van der Waals surface area contributed by atoms with Crippen molar-refractivity contribution in [1.82, 2.24) is 14.8 Å². The predicted molar refractivity (Wildman–Crippen MR) is 57.8 cm³/mol. The van der Waals surface area contributed by atoms with Crippen LogP contribution in [0.4, 0.5) is 5.82 Å². The molecule has 2 aromatic heterocycles. The summed E-state index contributed by atoms with van der Waals surface area (Å²) in [6.45, 7) is 0. The smallest absolute Gasteiger partial charge is 0.390 e. The third-order valence-electron chi connectivity index (χ3n) is 2.24. The Hall–Kier alpha value is -2.70. The minimum Gasteiger partial charge on any atom is -0.421 e. The van der Waals surface area contributed by atoms with E-state index in [-0.39, 0.29) is 11.8 Å². The summed E-state index contributed by atoms with van der Waals surface area (Å²) in [6, 6.07) is 8.71. The van der Waals surface area contributed by atoms with Gasteiger partial charge in [0, 0.05) is 0 Å². The largest absolute Gasteiger partial charge is 0.421 e. The van der Waals surface area contributed by atoms with E-state index in [4.69, 9.17) is 4.42 Å². The summed E-state index contributed by atoms with van der Waals surface area (Å²) in [6.07, 6.45) is 1.43. The molecule has 0 bridgehead atoms. The molecule has 0 amide bonds. The van der Waals surface area contributed by atoms with Crippen LogP contribution in [0.25, 0.3) is 17.1 Å². The van der Waals surface area contributed by atoms with Gasteiger partial charge in [0.2, 0.25) is 0 Å². The Labute approximate surface area is 94.4 Å². The van der Waals surface area contributed by atoms with E-state index in [0.29, 0.717) is 11.1 Å².